The van der Waals surface area contributed by atoms with Crippen LogP contribution in [0.4, 0.5) is 11.4 Å². The number of likely N-dealkylation sites (tertiary alicyclic amines) is 1. The Morgan fingerprint density at radius 3 is 1.83 bits per heavy atom. The molecule has 2 amide bonds. The van der Waals surface area contributed by atoms with Crippen LogP contribution in [-0.4, -0.2) is 79.8 Å². The van der Waals surface area contributed by atoms with Gasteiger partial charge in [-0.3, -0.25) is 34.6 Å². The van der Waals surface area contributed by atoms with E-state index in [2.05, 4.69) is 30.8 Å². The molecule has 1 saturated heterocycles. The second kappa shape index (κ2) is 16.2. The van der Waals surface area contributed by atoms with Gasteiger partial charge in [0.2, 0.25) is 0 Å². The van der Waals surface area contributed by atoms with Crippen molar-refractivity contribution in [2.24, 2.45) is 0 Å². The predicted molar refractivity (Wildman–Crippen MR) is 206 cm³/mol. The number of anilines is 2. The number of pyridine rings is 2. The van der Waals surface area contributed by atoms with Crippen LogP contribution in [0.1, 0.15) is 105 Å². The molecule has 0 bridgehead atoms. The van der Waals surface area contributed by atoms with Crippen molar-refractivity contribution in [2.75, 3.05) is 30.4 Å². The molecule has 12 heteroatoms. The Labute approximate surface area is 315 Å². The first-order valence-corrected chi connectivity index (χ1v) is 18.9. The number of carbonyl (C=O) groups is 3. The minimum atomic E-state index is -1.13. The molecule has 2 aliphatic carbocycles. The van der Waals surface area contributed by atoms with Crippen molar-refractivity contribution in [3.05, 3.63) is 106 Å². The lowest BCUT2D eigenvalue weighted by Gasteiger charge is -2.24. The smallest absolute Gasteiger partial charge is 0.323 e. The number of amides is 2. The fourth-order valence-electron chi connectivity index (χ4n) is 7.57. The van der Waals surface area contributed by atoms with Gasteiger partial charge in [-0.15, -0.1) is 0 Å². The molecule has 0 unspecified atom stereocenters. The molecule has 3 aliphatic rings. The van der Waals surface area contributed by atoms with Gasteiger partial charge in [-0.05, 0) is 140 Å². The van der Waals surface area contributed by atoms with Crippen molar-refractivity contribution in [1.82, 2.24) is 20.2 Å². The van der Waals surface area contributed by atoms with E-state index in [0.29, 0.717) is 23.0 Å². The maximum absolute atomic E-state index is 13.6. The molecule has 2 atom stereocenters. The van der Waals surface area contributed by atoms with Crippen molar-refractivity contribution >= 4 is 29.2 Å². The summed E-state index contributed by atoms with van der Waals surface area (Å²) in [5.41, 5.74) is 9.59. The summed E-state index contributed by atoms with van der Waals surface area (Å²) in [6.45, 7) is 5.45. The van der Waals surface area contributed by atoms with Crippen LogP contribution in [0.3, 0.4) is 0 Å². The Morgan fingerprint density at radius 2 is 1.33 bits per heavy atom. The molecule has 12 nitrogen and oxygen atoms in total. The number of carbonyl (C=O) groups excluding carboxylic acids is 2. The van der Waals surface area contributed by atoms with Gasteiger partial charge in [0.15, 0.2) is 0 Å². The zero-order valence-electron chi connectivity index (χ0n) is 30.8. The normalized spacial score (nSPS) is 17.7. The zero-order valence-corrected chi connectivity index (χ0v) is 30.8. The first-order chi connectivity index (χ1) is 26.1. The fraction of sp³-hybridized carbons (Fsp3) is 0.405. The molecule has 6 N–H and O–H groups in total. The highest BCUT2D eigenvalue weighted by molar-refractivity contribution is 6.05. The molecule has 282 valence electrons. The van der Waals surface area contributed by atoms with Gasteiger partial charge in [0, 0.05) is 42.9 Å². The molecule has 54 heavy (non-hydrogen) atoms. The van der Waals surface area contributed by atoms with E-state index in [-0.39, 0.29) is 42.6 Å². The van der Waals surface area contributed by atoms with E-state index in [1.54, 1.807) is 12.3 Å². The van der Waals surface area contributed by atoms with Crippen LogP contribution in [-0.2, 0) is 17.9 Å². The van der Waals surface area contributed by atoms with E-state index in [1.807, 2.05) is 62.5 Å². The number of rotatable bonds is 15. The van der Waals surface area contributed by atoms with Crippen molar-refractivity contribution in [3.63, 3.8) is 0 Å². The molecule has 7 rings (SSSR count). The summed E-state index contributed by atoms with van der Waals surface area (Å²) < 4.78 is 0. The minimum Gasteiger partial charge on any atom is -0.480 e. The fourth-order valence-corrected chi connectivity index (χ4v) is 7.57. The summed E-state index contributed by atoms with van der Waals surface area (Å²) in [5, 5.41) is 37.5. The highest BCUT2D eigenvalue weighted by atomic mass is 16.4. The predicted octanol–water partition coefficient (Wildman–Crippen LogP) is 5.51. The number of benzene rings is 2. The standard InChI is InChI=1S/C42H48N6O6/c1-24-31(7-3-9-35(24)46-40(51)37-16-33(26-11-12-26)28(18-43-37)19-45-39(23-50)42(53)54)32-8-4-10-36(25(32)2)47-41(52)38-17-34(27-13-14-27)29(20-44-38)21-48-15-5-6-30(48)22-49/h3-4,7-10,16-18,20,26-27,30,39,45,49-50H,5-6,11-15,19,21-23H2,1-2H3,(H,46,51)(H,47,52)(H,53,54)/t30-,39-/m1/s1. The van der Waals surface area contributed by atoms with Crippen LogP contribution in [0.2, 0.25) is 0 Å². The highest BCUT2D eigenvalue weighted by Gasteiger charge is 2.31. The Bertz CT molecular complexity index is 2060. The molecule has 2 aromatic carbocycles. The zero-order chi connectivity index (χ0) is 37.9. The largest absolute Gasteiger partial charge is 0.480 e. The Hall–Kier alpha value is -5.01. The molecular formula is C42H48N6O6. The lowest BCUT2D eigenvalue weighted by Crippen LogP contribution is -2.39. The topological polar surface area (TPSA) is 177 Å². The van der Waals surface area contributed by atoms with Gasteiger partial charge in [-0.25, -0.2) is 0 Å². The summed E-state index contributed by atoms with van der Waals surface area (Å²) in [7, 11) is 0. The summed E-state index contributed by atoms with van der Waals surface area (Å²) >= 11 is 0. The molecule has 0 spiro atoms. The van der Waals surface area contributed by atoms with E-state index in [0.717, 1.165) is 90.6 Å². The summed E-state index contributed by atoms with van der Waals surface area (Å²) in [4.78, 5) is 49.9. The molecule has 2 saturated carbocycles. The quantitative estimate of drug-likeness (QED) is 0.0914. The van der Waals surface area contributed by atoms with Crippen molar-refractivity contribution < 1.29 is 29.7 Å². The lowest BCUT2D eigenvalue weighted by atomic mass is 9.94. The average molecular weight is 733 g/mol. The third-order valence-electron chi connectivity index (χ3n) is 11.1. The average Bonchev–Trinajstić information content (AvgIpc) is 4.12. The Morgan fingerprint density at radius 1 is 0.796 bits per heavy atom. The van der Waals surface area contributed by atoms with Crippen LogP contribution >= 0.6 is 0 Å². The van der Waals surface area contributed by atoms with E-state index >= 15 is 0 Å². The summed E-state index contributed by atoms with van der Waals surface area (Å²) in [6, 6.07) is 14.3. The number of aliphatic hydroxyl groups excluding tert-OH is 2. The summed E-state index contributed by atoms with van der Waals surface area (Å²) in [5.74, 6) is -1.04. The maximum atomic E-state index is 13.6. The van der Waals surface area contributed by atoms with Crippen LogP contribution in [0.25, 0.3) is 11.1 Å². The van der Waals surface area contributed by atoms with Gasteiger partial charge < -0.3 is 26.0 Å². The Balaban J connectivity index is 1.06. The number of aromatic nitrogens is 2. The lowest BCUT2D eigenvalue weighted by molar-refractivity contribution is -0.140. The maximum Gasteiger partial charge on any atom is 0.323 e. The van der Waals surface area contributed by atoms with Crippen LogP contribution in [0.5, 0.6) is 0 Å². The van der Waals surface area contributed by atoms with E-state index < -0.39 is 18.6 Å². The number of carboxylic acid groups (broad SMARTS) is 1. The number of nitrogens with zero attached hydrogens (tertiary/aromatic N) is 3. The molecule has 0 radical (unpaired) electrons. The number of hydrogen-bond acceptors (Lipinski definition) is 9. The molecular weight excluding hydrogens is 684 g/mol. The molecule has 4 aromatic rings. The third kappa shape index (κ3) is 8.22. The van der Waals surface area contributed by atoms with E-state index in [4.69, 9.17) is 0 Å². The van der Waals surface area contributed by atoms with Gasteiger partial charge in [0.1, 0.15) is 17.4 Å². The molecule has 3 fully saturated rings. The molecule has 2 aromatic heterocycles. The van der Waals surface area contributed by atoms with Gasteiger partial charge in [0.05, 0.1) is 13.2 Å². The minimum absolute atomic E-state index is 0.155. The van der Waals surface area contributed by atoms with Crippen LogP contribution < -0.4 is 16.0 Å². The van der Waals surface area contributed by atoms with Gasteiger partial charge in [-0.2, -0.15) is 0 Å². The number of carboxylic acids is 1. The SMILES string of the molecule is Cc1c(NC(=O)c2cc(C3CC3)c(CN[C@H](CO)C(=O)O)cn2)cccc1-c1cccc(NC(=O)c2cc(C3CC3)c(CN3CCC[C@@H]3CO)cn2)c1C. The first-order valence-electron chi connectivity index (χ1n) is 18.9. The highest BCUT2D eigenvalue weighted by Crippen LogP contribution is 2.43. The van der Waals surface area contributed by atoms with Crippen molar-refractivity contribution in [2.45, 2.75) is 89.4 Å². The monoisotopic (exact) mass is 732 g/mol. The Kier molecular flexibility index (Phi) is 11.2. The summed E-state index contributed by atoms with van der Waals surface area (Å²) in [6.07, 6.45) is 9.69. The number of aliphatic hydroxyl groups is 2. The van der Waals surface area contributed by atoms with Gasteiger partial charge >= 0.3 is 5.97 Å². The number of aliphatic carboxylic acids is 1. The molecule has 3 heterocycles. The van der Waals surface area contributed by atoms with E-state index in [9.17, 15) is 29.7 Å². The van der Waals surface area contributed by atoms with Gasteiger partial charge in [0.25, 0.3) is 11.8 Å². The number of nitrogens with one attached hydrogen (secondary N) is 3. The second-order valence-electron chi connectivity index (χ2n) is 14.9. The van der Waals surface area contributed by atoms with E-state index in [1.165, 1.54) is 5.56 Å². The third-order valence-corrected chi connectivity index (χ3v) is 11.1. The molecule has 1 aliphatic heterocycles. The van der Waals surface area contributed by atoms with Gasteiger partial charge in [-0.1, -0.05) is 24.3 Å². The number of hydrogen-bond donors (Lipinski definition) is 6. The first kappa shape index (κ1) is 37.3. The van der Waals surface area contributed by atoms with Crippen molar-refractivity contribution in [1.29, 1.82) is 0 Å². The second-order valence-corrected chi connectivity index (χ2v) is 14.9. The van der Waals surface area contributed by atoms with Crippen LogP contribution in [0.15, 0.2) is 60.9 Å². The van der Waals surface area contributed by atoms with Crippen molar-refractivity contribution in [3.8, 4) is 11.1 Å². The van der Waals surface area contributed by atoms with Crippen LogP contribution in [0, 0.1) is 13.8 Å².